The summed E-state index contributed by atoms with van der Waals surface area (Å²) in [4.78, 5) is 29.7. The summed E-state index contributed by atoms with van der Waals surface area (Å²) in [6, 6.07) is 10.2. The number of benzene rings is 2. The molecule has 1 aliphatic rings. The Morgan fingerprint density at radius 2 is 1.82 bits per heavy atom. The average Bonchev–Trinajstić information content (AvgIpc) is 3.09. The van der Waals surface area contributed by atoms with Gasteiger partial charge < -0.3 is 24.5 Å². The van der Waals surface area contributed by atoms with Crippen molar-refractivity contribution in [3.8, 4) is 11.5 Å². The minimum Gasteiger partial charge on any atom is -0.496 e. The van der Waals surface area contributed by atoms with E-state index >= 15 is 0 Å². The number of aromatic amines is 1. The smallest absolute Gasteiger partial charge is 0.335 e. The number of hydrogen-bond acceptors (Lipinski definition) is 4. The summed E-state index contributed by atoms with van der Waals surface area (Å²) in [6.45, 7) is 0.935. The molecule has 2 aromatic carbocycles. The highest BCUT2D eigenvalue weighted by molar-refractivity contribution is 6.00. The number of carbonyl (C=O) groups excluding carboxylic acids is 1. The highest BCUT2D eigenvalue weighted by atomic mass is 16.5. The zero-order chi connectivity index (χ0) is 19.8. The number of methoxy groups -OCH3 is 2. The maximum Gasteiger partial charge on any atom is 0.335 e. The SMILES string of the molecule is COc1cccc(OC)c1C(=O)N1CCc2[nH]c3ccc(C(=O)O)cc3c2C1. The molecule has 2 heterocycles. The van der Waals surface area contributed by atoms with Crippen molar-refractivity contribution in [2.45, 2.75) is 13.0 Å². The van der Waals surface area contributed by atoms with Crippen LogP contribution in [0.3, 0.4) is 0 Å². The maximum absolute atomic E-state index is 13.3. The van der Waals surface area contributed by atoms with Crippen LogP contribution in [0.1, 0.15) is 32.0 Å². The van der Waals surface area contributed by atoms with Crippen LogP contribution in [-0.4, -0.2) is 47.6 Å². The molecule has 1 amide bonds. The Labute approximate surface area is 161 Å². The van der Waals surface area contributed by atoms with E-state index in [0.717, 1.165) is 22.2 Å². The number of nitrogens with one attached hydrogen (secondary N) is 1. The van der Waals surface area contributed by atoms with Crippen molar-refractivity contribution in [1.82, 2.24) is 9.88 Å². The van der Waals surface area contributed by atoms with Crippen molar-refractivity contribution >= 4 is 22.8 Å². The molecule has 144 valence electrons. The van der Waals surface area contributed by atoms with Crippen LogP contribution in [-0.2, 0) is 13.0 Å². The predicted molar refractivity (Wildman–Crippen MR) is 103 cm³/mol. The quantitative estimate of drug-likeness (QED) is 0.726. The summed E-state index contributed by atoms with van der Waals surface area (Å²) < 4.78 is 10.7. The van der Waals surface area contributed by atoms with E-state index in [9.17, 15) is 14.7 Å². The third kappa shape index (κ3) is 2.85. The van der Waals surface area contributed by atoms with Gasteiger partial charge in [-0.05, 0) is 30.3 Å². The van der Waals surface area contributed by atoms with Gasteiger partial charge in [0.2, 0.25) is 0 Å². The van der Waals surface area contributed by atoms with Crippen LogP contribution in [0.5, 0.6) is 11.5 Å². The number of fused-ring (bicyclic) bond motifs is 3. The van der Waals surface area contributed by atoms with Crippen molar-refractivity contribution in [3.05, 3.63) is 58.8 Å². The standard InChI is InChI=1S/C21H20N2O5/c1-27-17-4-3-5-18(28-2)19(17)20(24)23-9-8-16-14(11-23)13-10-12(21(25)26)6-7-15(13)22-16/h3-7,10,22H,8-9,11H2,1-2H3,(H,25,26). The van der Waals surface area contributed by atoms with Gasteiger partial charge in [-0.25, -0.2) is 4.79 Å². The van der Waals surface area contributed by atoms with E-state index in [1.807, 2.05) is 0 Å². The summed E-state index contributed by atoms with van der Waals surface area (Å²) in [5.41, 5.74) is 3.48. The van der Waals surface area contributed by atoms with Gasteiger partial charge in [0.15, 0.2) is 0 Å². The third-order valence-electron chi connectivity index (χ3n) is 5.15. The minimum absolute atomic E-state index is 0.177. The largest absolute Gasteiger partial charge is 0.496 e. The van der Waals surface area contributed by atoms with E-state index in [1.165, 1.54) is 14.2 Å². The molecular formula is C21H20N2O5. The minimum atomic E-state index is -0.973. The number of ether oxygens (including phenoxy) is 2. The van der Waals surface area contributed by atoms with Crippen LogP contribution in [0.25, 0.3) is 10.9 Å². The lowest BCUT2D eigenvalue weighted by molar-refractivity contribution is 0.0694. The van der Waals surface area contributed by atoms with Crippen molar-refractivity contribution in [3.63, 3.8) is 0 Å². The third-order valence-corrected chi connectivity index (χ3v) is 5.15. The van der Waals surface area contributed by atoms with Crippen LogP contribution < -0.4 is 9.47 Å². The molecule has 0 saturated carbocycles. The van der Waals surface area contributed by atoms with Gasteiger partial charge in [0.1, 0.15) is 17.1 Å². The fraction of sp³-hybridized carbons (Fsp3) is 0.238. The fourth-order valence-electron chi connectivity index (χ4n) is 3.74. The molecule has 0 saturated heterocycles. The van der Waals surface area contributed by atoms with Crippen LogP contribution in [0.4, 0.5) is 0 Å². The monoisotopic (exact) mass is 380 g/mol. The van der Waals surface area contributed by atoms with Gasteiger partial charge in [-0.15, -0.1) is 0 Å². The number of H-pyrrole nitrogens is 1. The average molecular weight is 380 g/mol. The predicted octanol–water partition coefficient (Wildman–Crippen LogP) is 3.08. The summed E-state index contributed by atoms with van der Waals surface area (Å²) >= 11 is 0. The van der Waals surface area contributed by atoms with Gasteiger partial charge in [0.05, 0.1) is 19.8 Å². The molecule has 7 heteroatoms. The number of carboxylic acid groups (broad SMARTS) is 1. The van der Waals surface area contributed by atoms with Gasteiger partial charge in [0.25, 0.3) is 5.91 Å². The Bertz CT molecular complexity index is 1060. The Hall–Kier alpha value is -3.48. The molecule has 0 aliphatic carbocycles. The molecule has 0 bridgehead atoms. The second-order valence-electron chi connectivity index (χ2n) is 6.66. The second-order valence-corrected chi connectivity index (χ2v) is 6.66. The first-order valence-corrected chi connectivity index (χ1v) is 8.90. The van der Waals surface area contributed by atoms with E-state index in [0.29, 0.717) is 36.6 Å². The molecule has 0 radical (unpaired) electrons. The number of aromatic carboxylic acids is 1. The van der Waals surface area contributed by atoms with Gasteiger partial charge in [-0.2, -0.15) is 0 Å². The Kier molecular flexibility index (Phi) is 4.43. The molecule has 0 unspecified atom stereocenters. The lowest BCUT2D eigenvalue weighted by atomic mass is 10.0. The number of carbonyl (C=O) groups is 2. The zero-order valence-electron chi connectivity index (χ0n) is 15.6. The van der Waals surface area contributed by atoms with Crippen LogP contribution in [0.15, 0.2) is 36.4 Å². The van der Waals surface area contributed by atoms with Crippen LogP contribution in [0.2, 0.25) is 0 Å². The highest BCUT2D eigenvalue weighted by Gasteiger charge is 2.29. The number of carboxylic acids is 1. The first kappa shape index (κ1) is 17.9. The molecule has 7 nitrogen and oxygen atoms in total. The number of hydrogen-bond donors (Lipinski definition) is 2. The van der Waals surface area contributed by atoms with Gasteiger partial charge in [-0.1, -0.05) is 6.07 Å². The number of aromatic nitrogens is 1. The molecule has 1 aliphatic heterocycles. The highest BCUT2D eigenvalue weighted by Crippen LogP contribution is 2.33. The molecule has 0 spiro atoms. The molecular weight excluding hydrogens is 360 g/mol. The first-order chi connectivity index (χ1) is 13.5. The van der Waals surface area contributed by atoms with Crippen molar-refractivity contribution in [2.24, 2.45) is 0 Å². The Morgan fingerprint density at radius 3 is 2.46 bits per heavy atom. The van der Waals surface area contributed by atoms with E-state index in [2.05, 4.69) is 4.98 Å². The summed E-state index contributed by atoms with van der Waals surface area (Å²) in [5, 5.41) is 10.1. The Morgan fingerprint density at radius 1 is 1.11 bits per heavy atom. The van der Waals surface area contributed by atoms with Gasteiger partial charge in [0, 0.05) is 41.7 Å². The summed E-state index contributed by atoms with van der Waals surface area (Å²) in [7, 11) is 3.04. The second kappa shape index (κ2) is 6.92. The zero-order valence-corrected chi connectivity index (χ0v) is 15.6. The topological polar surface area (TPSA) is 91.9 Å². The van der Waals surface area contributed by atoms with Crippen LogP contribution >= 0.6 is 0 Å². The maximum atomic E-state index is 13.3. The lowest BCUT2D eigenvalue weighted by Crippen LogP contribution is -2.36. The van der Waals surface area contributed by atoms with E-state index in [1.54, 1.807) is 41.3 Å². The molecule has 2 N–H and O–H groups in total. The number of amides is 1. The van der Waals surface area contributed by atoms with E-state index < -0.39 is 5.97 Å². The molecule has 4 rings (SSSR count). The van der Waals surface area contributed by atoms with E-state index in [4.69, 9.17) is 9.47 Å². The van der Waals surface area contributed by atoms with E-state index in [-0.39, 0.29) is 11.5 Å². The number of rotatable bonds is 4. The summed E-state index contributed by atoms with van der Waals surface area (Å²) in [5.74, 6) is -0.229. The van der Waals surface area contributed by atoms with Gasteiger partial charge in [-0.3, -0.25) is 4.79 Å². The molecule has 0 atom stereocenters. The molecule has 3 aromatic rings. The van der Waals surface area contributed by atoms with Gasteiger partial charge >= 0.3 is 5.97 Å². The molecule has 28 heavy (non-hydrogen) atoms. The number of nitrogens with zero attached hydrogens (tertiary/aromatic N) is 1. The van der Waals surface area contributed by atoms with Crippen molar-refractivity contribution < 1.29 is 24.2 Å². The molecule has 0 fully saturated rings. The molecule has 1 aromatic heterocycles. The fourth-order valence-corrected chi connectivity index (χ4v) is 3.74. The van der Waals surface area contributed by atoms with Crippen molar-refractivity contribution in [1.29, 1.82) is 0 Å². The first-order valence-electron chi connectivity index (χ1n) is 8.90. The lowest BCUT2D eigenvalue weighted by Gasteiger charge is -2.28. The normalized spacial score (nSPS) is 13.3. The van der Waals surface area contributed by atoms with Crippen molar-refractivity contribution in [2.75, 3.05) is 20.8 Å². The van der Waals surface area contributed by atoms with Crippen LogP contribution in [0, 0.1) is 0 Å². The summed E-state index contributed by atoms with van der Waals surface area (Å²) in [6.07, 6.45) is 0.662. The Balaban J connectivity index is 1.73.